The van der Waals surface area contributed by atoms with E-state index < -0.39 is 0 Å². The van der Waals surface area contributed by atoms with Crippen molar-refractivity contribution in [3.8, 4) is 11.5 Å². The quantitative estimate of drug-likeness (QED) is 0.629. The molecule has 2 aromatic heterocycles. The van der Waals surface area contributed by atoms with Crippen LogP contribution in [0.2, 0.25) is 0 Å². The number of ether oxygens (including phenoxy) is 2. The molecule has 9 nitrogen and oxygen atoms in total. The molecular formula is C23H27N5O4. The van der Waals surface area contributed by atoms with Gasteiger partial charge in [0.25, 0.3) is 5.56 Å². The fourth-order valence-corrected chi connectivity index (χ4v) is 4.15. The van der Waals surface area contributed by atoms with Gasteiger partial charge in [0.2, 0.25) is 5.91 Å². The number of anilines is 1. The van der Waals surface area contributed by atoms with Gasteiger partial charge in [0.05, 0.1) is 20.1 Å². The van der Waals surface area contributed by atoms with E-state index in [9.17, 15) is 9.59 Å². The second-order valence-corrected chi connectivity index (χ2v) is 7.80. The van der Waals surface area contributed by atoms with Crippen molar-refractivity contribution in [2.24, 2.45) is 13.0 Å². The van der Waals surface area contributed by atoms with E-state index in [0.717, 1.165) is 18.4 Å². The Morgan fingerprint density at radius 3 is 2.84 bits per heavy atom. The van der Waals surface area contributed by atoms with E-state index in [2.05, 4.69) is 15.3 Å². The monoisotopic (exact) mass is 437 g/mol. The van der Waals surface area contributed by atoms with Crippen LogP contribution in [0.1, 0.15) is 18.4 Å². The smallest absolute Gasteiger partial charge is 0.294 e. The summed E-state index contributed by atoms with van der Waals surface area (Å²) in [4.78, 5) is 36.6. The maximum absolute atomic E-state index is 12.9. The fraction of sp³-hybridized carbons (Fsp3) is 0.391. The molecule has 1 aliphatic heterocycles. The van der Waals surface area contributed by atoms with E-state index >= 15 is 0 Å². The van der Waals surface area contributed by atoms with Gasteiger partial charge < -0.3 is 19.7 Å². The summed E-state index contributed by atoms with van der Waals surface area (Å²) in [6.07, 6.45) is 3.20. The number of para-hydroxylation sites is 1. The molecule has 0 aliphatic carbocycles. The molecule has 168 valence electrons. The normalized spacial score (nSPS) is 16.1. The zero-order valence-electron chi connectivity index (χ0n) is 18.5. The number of methoxy groups -OCH3 is 2. The topological polar surface area (TPSA) is 98.6 Å². The highest BCUT2D eigenvalue weighted by Gasteiger charge is 2.28. The largest absolute Gasteiger partial charge is 0.493 e. The molecule has 1 fully saturated rings. The van der Waals surface area contributed by atoms with Gasteiger partial charge in [-0.3, -0.25) is 14.2 Å². The van der Waals surface area contributed by atoms with Gasteiger partial charge in [-0.05, 0) is 31.0 Å². The van der Waals surface area contributed by atoms with Crippen LogP contribution in [0.5, 0.6) is 11.5 Å². The van der Waals surface area contributed by atoms with E-state index in [-0.39, 0.29) is 17.4 Å². The first-order valence-corrected chi connectivity index (χ1v) is 10.6. The number of aryl methyl sites for hydroxylation is 1. The molecule has 0 radical (unpaired) electrons. The molecule has 0 saturated carbocycles. The molecule has 1 amide bonds. The van der Waals surface area contributed by atoms with Crippen LogP contribution in [0.15, 0.2) is 41.3 Å². The number of hydrogen-bond acceptors (Lipinski definition) is 7. The Bertz CT molecular complexity index is 1190. The Morgan fingerprint density at radius 2 is 2.06 bits per heavy atom. The first kappa shape index (κ1) is 21.6. The Balaban J connectivity index is 1.49. The van der Waals surface area contributed by atoms with Crippen molar-refractivity contribution in [3.63, 3.8) is 0 Å². The van der Waals surface area contributed by atoms with E-state index in [1.165, 1.54) is 4.57 Å². The zero-order chi connectivity index (χ0) is 22.7. The first-order valence-electron chi connectivity index (χ1n) is 10.6. The number of carbonyl (C=O) groups is 1. The number of carbonyl (C=O) groups excluding carboxylic acids is 1. The Morgan fingerprint density at radius 1 is 1.22 bits per heavy atom. The average Bonchev–Trinajstić information content (AvgIpc) is 2.84. The highest BCUT2D eigenvalue weighted by atomic mass is 16.5. The molecule has 32 heavy (non-hydrogen) atoms. The van der Waals surface area contributed by atoms with Crippen LogP contribution in [-0.4, -0.2) is 47.8 Å². The lowest BCUT2D eigenvalue weighted by atomic mass is 9.97. The minimum Gasteiger partial charge on any atom is -0.493 e. The summed E-state index contributed by atoms with van der Waals surface area (Å²) in [5.41, 5.74) is 1.82. The Hall–Kier alpha value is -3.62. The molecule has 9 heteroatoms. The van der Waals surface area contributed by atoms with Crippen molar-refractivity contribution >= 4 is 22.9 Å². The Kier molecular flexibility index (Phi) is 6.25. The SMILES string of the molecule is COc1cccc(CNC(=O)C2CCCN(c3nc4cccnc4n(C)c3=O)C2)c1OC. The summed E-state index contributed by atoms with van der Waals surface area (Å²) in [6, 6.07) is 9.20. The fourth-order valence-electron chi connectivity index (χ4n) is 4.15. The van der Waals surface area contributed by atoms with Crippen molar-refractivity contribution in [2.45, 2.75) is 19.4 Å². The molecule has 0 bridgehead atoms. The number of hydrogen-bond donors (Lipinski definition) is 1. The molecule has 1 atom stereocenters. The number of nitrogens with zero attached hydrogens (tertiary/aromatic N) is 4. The van der Waals surface area contributed by atoms with Gasteiger partial charge in [0, 0.05) is 38.4 Å². The minimum absolute atomic E-state index is 0.0566. The predicted octanol–water partition coefficient (Wildman–Crippen LogP) is 1.88. The van der Waals surface area contributed by atoms with E-state index in [1.807, 2.05) is 29.2 Å². The number of amides is 1. The average molecular weight is 438 g/mol. The predicted molar refractivity (Wildman–Crippen MR) is 121 cm³/mol. The van der Waals surface area contributed by atoms with Crippen molar-refractivity contribution < 1.29 is 14.3 Å². The van der Waals surface area contributed by atoms with Gasteiger partial charge in [0.15, 0.2) is 23.0 Å². The molecule has 3 heterocycles. The van der Waals surface area contributed by atoms with Crippen LogP contribution in [0.25, 0.3) is 11.2 Å². The van der Waals surface area contributed by atoms with E-state index in [0.29, 0.717) is 48.1 Å². The van der Waals surface area contributed by atoms with Gasteiger partial charge in [-0.1, -0.05) is 12.1 Å². The van der Waals surface area contributed by atoms with Gasteiger partial charge >= 0.3 is 0 Å². The van der Waals surface area contributed by atoms with Crippen LogP contribution in [-0.2, 0) is 18.4 Å². The number of benzene rings is 1. The molecule has 1 N–H and O–H groups in total. The first-order chi connectivity index (χ1) is 15.5. The van der Waals surface area contributed by atoms with Gasteiger partial charge in [-0.15, -0.1) is 0 Å². The molecule has 1 unspecified atom stereocenters. The van der Waals surface area contributed by atoms with Crippen molar-refractivity contribution in [2.75, 3.05) is 32.2 Å². The number of rotatable bonds is 6. The summed E-state index contributed by atoms with van der Waals surface area (Å²) in [5, 5.41) is 3.01. The highest BCUT2D eigenvalue weighted by molar-refractivity contribution is 5.80. The van der Waals surface area contributed by atoms with Crippen LogP contribution < -0.4 is 25.2 Å². The van der Waals surface area contributed by atoms with Gasteiger partial charge in [-0.25, -0.2) is 9.97 Å². The minimum atomic E-state index is -0.239. The lowest BCUT2D eigenvalue weighted by Gasteiger charge is -2.32. The van der Waals surface area contributed by atoms with Crippen LogP contribution in [0.3, 0.4) is 0 Å². The highest BCUT2D eigenvalue weighted by Crippen LogP contribution is 2.30. The number of fused-ring (bicyclic) bond motifs is 1. The lowest BCUT2D eigenvalue weighted by molar-refractivity contribution is -0.125. The Labute approximate surface area is 186 Å². The number of nitrogens with one attached hydrogen (secondary N) is 1. The molecule has 4 rings (SSSR count). The third kappa shape index (κ3) is 4.10. The second-order valence-electron chi connectivity index (χ2n) is 7.80. The molecule has 1 aliphatic rings. The van der Waals surface area contributed by atoms with Crippen molar-refractivity contribution in [1.82, 2.24) is 19.9 Å². The molecule has 1 saturated heterocycles. The maximum atomic E-state index is 12.9. The second kappa shape index (κ2) is 9.25. The number of aromatic nitrogens is 3. The summed E-state index contributed by atoms with van der Waals surface area (Å²) in [5.74, 6) is 1.30. The van der Waals surface area contributed by atoms with Crippen LogP contribution in [0.4, 0.5) is 5.82 Å². The van der Waals surface area contributed by atoms with Crippen LogP contribution >= 0.6 is 0 Å². The van der Waals surface area contributed by atoms with Crippen LogP contribution in [0, 0.1) is 5.92 Å². The summed E-state index contributed by atoms with van der Waals surface area (Å²) in [6.45, 7) is 1.45. The molecular weight excluding hydrogens is 410 g/mol. The number of pyridine rings is 1. The maximum Gasteiger partial charge on any atom is 0.294 e. The zero-order valence-corrected chi connectivity index (χ0v) is 18.5. The molecule has 0 spiro atoms. The summed E-state index contributed by atoms with van der Waals surface area (Å²) >= 11 is 0. The lowest BCUT2D eigenvalue weighted by Crippen LogP contribution is -2.45. The van der Waals surface area contributed by atoms with Crippen molar-refractivity contribution in [3.05, 3.63) is 52.4 Å². The van der Waals surface area contributed by atoms with Gasteiger partial charge in [0.1, 0.15) is 5.52 Å². The molecule has 1 aromatic carbocycles. The summed E-state index contributed by atoms with van der Waals surface area (Å²) < 4.78 is 12.3. The third-order valence-corrected chi connectivity index (χ3v) is 5.84. The van der Waals surface area contributed by atoms with Crippen molar-refractivity contribution in [1.29, 1.82) is 0 Å². The third-order valence-electron chi connectivity index (χ3n) is 5.84. The standard InChI is InChI=1S/C23H27N5O4/c1-27-20-17(9-5-11-24-20)26-21(23(27)30)28-12-6-8-16(14-28)22(29)25-13-15-7-4-10-18(31-2)19(15)32-3/h4-5,7,9-11,16H,6,8,12-14H2,1-3H3,(H,25,29). The van der Waals surface area contributed by atoms with Gasteiger partial charge in [-0.2, -0.15) is 0 Å². The number of piperidine rings is 1. The van der Waals surface area contributed by atoms with E-state index in [1.54, 1.807) is 33.5 Å². The van der Waals surface area contributed by atoms with E-state index in [4.69, 9.17) is 9.47 Å². The molecule has 3 aromatic rings. The summed E-state index contributed by atoms with van der Waals surface area (Å²) in [7, 11) is 4.85.